The zero-order valence-electron chi connectivity index (χ0n) is 16.6. The molecule has 0 fully saturated rings. The van der Waals surface area contributed by atoms with E-state index in [9.17, 15) is 22.0 Å². The van der Waals surface area contributed by atoms with Gasteiger partial charge in [0.05, 0.1) is 11.1 Å². The van der Waals surface area contributed by atoms with Crippen LogP contribution in [0, 0.1) is 11.6 Å². The number of fused-ring (bicyclic) bond motifs is 1. The number of rotatable bonds is 4. The van der Waals surface area contributed by atoms with Crippen molar-refractivity contribution >= 4 is 11.0 Å². The molecule has 0 saturated carbocycles. The van der Waals surface area contributed by atoms with Crippen LogP contribution in [0.5, 0.6) is 0 Å². The maximum absolute atomic E-state index is 14.1. The maximum Gasteiger partial charge on any atom is 0.416 e. The summed E-state index contributed by atoms with van der Waals surface area (Å²) in [4.78, 5) is 7.19. The predicted octanol–water partition coefficient (Wildman–Crippen LogP) is 4.91. The van der Waals surface area contributed by atoms with Crippen LogP contribution in [-0.4, -0.2) is 20.2 Å². The van der Waals surface area contributed by atoms with Crippen LogP contribution in [0.3, 0.4) is 0 Å². The van der Waals surface area contributed by atoms with Gasteiger partial charge in [-0.25, -0.2) is 13.8 Å². The lowest BCUT2D eigenvalue weighted by molar-refractivity contribution is -0.746. The van der Waals surface area contributed by atoms with Gasteiger partial charge in [0, 0.05) is 11.6 Å². The fourth-order valence-corrected chi connectivity index (χ4v) is 3.32. The molecule has 0 saturated heterocycles. The Kier molecular flexibility index (Phi) is 4.88. The topological polar surface area (TPSA) is 71.5 Å². The number of hydrogen-bond donors (Lipinski definition) is 1. The molecule has 0 aliphatic heterocycles. The Morgan fingerprint density at radius 3 is 2.58 bits per heavy atom. The molecule has 11 heteroatoms. The van der Waals surface area contributed by atoms with Crippen molar-refractivity contribution in [2.45, 2.75) is 12.7 Å². The van der Waals surface area contributed by atoms with E-state index in [1.54, 1.807) is 12.3 Å². The molecule has 0 aliphatic carbocycles. The highest BCUT2D eigenvalue weighted by molar-refractivity contribution is 5.77. The van der Waals surface area contributed by atoms with Gasteiger partial charge in [-0.05, 0) is 29.4 Å². The van der Waals surface area contributed by atoms with E-state index in [1.165, 1.54) is 35.1 Å². The van der Waals surface area contributed by atoms with Gasteiger partial charge in [-0.3, -0.25) is 0 Å². The molecule has 33 heavy (non-hydrogen) atoms. The first-order valence-corrected chi connectivity index (χ1v) is 9.61. The molecule has 5 rings (SSSR count). The van der Waals surface area contributed by atoms with Crippen LogP contribution in [-0.2, 0) is 12.7 Å². The van der Waals surface area contributed by atoms with Crippen molar-refractivity contribution in [3.63, 3.8) is 0 Å². The van der Waals surface area contributed by atoms with Crippen molar-refractivity contribution < 1.29 is 31.2 Å². The number of alkyl halides is 3. The van der Waals surface area contributed by atoms with Gasteiger partial charge in [0.1, 0.15) is 28.7 Å². The maximum atomic E-state index is 14.1. The molecule has 0 aliphatic rings. The number of H-pyrrole nitrogens is 1. The third-order valence-electron chi connectivity index (χ3n) is 4.96. The molecule has 0 amide bonds. The fraction of sp³-hybridized carbons (Fsp3) is 0.0909. The van der Waals surface area contributed by atoms with Crippen LogP contribution < -0.4 is 4.68 Å². The van der Waals surface area contributed by atoms with Gasteiger partial charge in [0.15, 0.2) is 11.6 Å². The van der Waals surface area contributed by atoms with Crippen LogP contribution in [0.25, 0.3) is 33.7 Å². The van der Waals surface area contributed by atoms with Gasteiger partial charge >= 0.3 is 6.18 Å². The second kappa shape index (κ2) is 7.76. The number of aromatic amines is 1. The molecule has 0 unspecified atom stereocenters. The van der Waals surface area contributed by atoms with Crippen molar-refractivity contribution in [1.82, 2.24) is 20.2 Å². The summed E-state index contributed by atoms with van der Waals surface area (Å²) in [6.07, 6.45) is -1.34. The first-order valence-electron chi connectivity index (χ1n) is 9.61. The van der Waals surface area contributed by atoms with Crippen LogP contribution >= 0.6 is 0 Å². The number of aromatic nitrogens is 5. The Morgan fingerprint density at radius 2 is 1.82 bits per heavy atom. The van der Waals surface area contributed by atoms with E-state index in [2.05, 4.69) is 20.2 Å². The Hall–Kier alpha value is -4.15. The lowest BCUT2D eigenvalue weighted by Crippen LogP contribution is -2.37. The minimum Gasteiger partial charge on any atom is -0.354 e. The SMILES string of the molecule is Fc1cccc(-c2nc3cn[n+](Cc4cc(-c5ccc(C(F)(F)F)cc5)no4)cc3[nH]2)c1F. The summed E-state index contributed by atoms with van der Waals surface area (Å²) in [6, 6.07) is 10.0. The summed E-state index contributed by atoms with van der Waals surface area (Å²) in [5, 5.41) is 8.13. The first kappa shape index (κ1) is 20.7. The van der Waals surface area contributed by atoms with Gasteiger partial charge in [-0.15, -0.1) is 0 Å². The molecule has 6 nitrogen and oxygen atoms in total. The van der Waals surface area contributed by atoms with Crippen LogP contribution in [0.2, 0.25) is 0 Å². The Labute approximate surface area is 182 Å². The quantitative estimate of drug-likeness (QED) is 0.307. The molecule has 0 bridgehead atoms. The summed E-state index contributed by atoms with van der Waals surface area (Å²) in [5.41, 5.74) is 1.08. The summed E-state index contributed by atoms with van der Waals surface area (Å²) in [6.45, 7) is 0.173. The number of benzene rings is 2. The lowest BCUT2D eigenvalue weighted by Gasteiger charge is -2.06. The predicted molar refractivity (Wildman–Crippen MR) is 105 cm³/mol. The average Bonchev–Trinajstić information content (AvgIpc) is 3.42. The number of imidazole rings is 1. The van der Waals surface area contributed by atoms with E-state index in [1.807, 2.05) is 0 Å². The minimum atomic E-state index is -4.42. The largest absolute Gasteiger partial charge is 0.416 e. The molecule has 166 valence electrons. The van der Waals surface area contributed by atoms with Gasteiger partial charge in [0.25, 0.3) is 0 Å². The van der Waals surface area contributed by atoms with E-state index < -0.39 is 23.4 Å². The van der Waals surface area contributed by atoms with E-state index in [-0.39, 0.29) is 17.9 Å². The molecule has 5 aromatic rings. The molecular weight excluding hydrogens is 445 g/mol. The zero-order chi connectivity index (χ0) is 23.2. The molecule has 3 heterocycles. The molecule has 3 aromatic heterocycles. The van der Waals surface area contributed by atoms with E-state index in [0.717, 1.165) is 18.2 Å². The number of halogens is 5. The van der Waals surface area contributed by atoms with Crippen molar-refractivity contribution in [2.24, 2.45) is 0 Å². The Balaban J connectivity index is 1.38. The second-order valence-corrected chi connectivity index (χ2v) is 7.21. The summed E-state index contributed by atoms with van der Waals surface area (Å²) in [5.74, 6) is -1.41. The fourth-order valence-electron chi connectivity index (χ4n) is 3.32. The van der Waals surface area contributed by atoms with Crippen molar-refractivity contribution in [3.05, 3.63) is 83.9 Å². The van der Waals surface area contributed by atoms with Crippen molar-refractivity contribution in [3.8, 4) is 22.6 Å². The van der Waals surface area contributed by atoms with Gasteiger partial charge in [-0.2, -0.15) is 13.2 Å². The van der Waals surface area contributed by atoms with Crippen LogP contribution in [0.4, 0.5) is 22.0 Å². The van der Waals surface area contributed by atoms with Gasteiger partial charge in [-0.1, -0.05) is 28.0 Å². The van der Waals surface area contributed by atoms with Crippen LogP contribution in [0.1, 0.15) is 11.3 Å². The summed E-state index contributed by atoms with van der Waals surface area (Å²) < 4.78 is 72.6. The second-order valence-electron chi connectivity index (χ2n) is 7.21. The summed E-state index contributed by atoms with van der Waals surface area (Å²) in [7, 11) is 0. The monoisotopic (exact) mass is 458 g/mol. The minimum absolute atomic E-state index is 0.00540. The van der Waals surface area contributed by atoms with Gasteiger partial charge in [0.2, 0.25) is 18.5 Å². The van der Waals surface area contributed by atoms with E-state index >= 15 is 0 Å². The standard InChI is InChI=1S/C22H12F5N5O/c23-16-3-1-2-15(20(16)24)21-29-18-9-28-32(11-19(18)30-21)10-14-8-17(31-33-14)12-4-6-13(7-5-12)22(25,26)27/h1-9,11H,10H2/p+1. The Bertz CT molecular complexity index is 1460. The van der Waals surface area contributed by atoms with E-state index in [0.29, 0.717) is 28.1 Å². The molecule has 1 N–H and O–H groups in total. The Morgan fingerprint density at radius 1 is 1.03 bits per heavy atom. The molecule has 0 radical (unpaired) electrons. The van der Waals surface area contributed by atoms with Crippen molar-refractivity contribution in [1.29, 1.82) is 0 Å². The molecule has 0 spiro atoms. The lowest BCUT2D eigenvalue weighted by atomic mass is 10.1. The summed E-state index contributed by atoms with van der Waals surface area (Å²) >= 11 is 0. The normalized spacial score (nSPS) is 11.9. The van der Waals surface area contributed by atoms with Crippen molar-refractivity contribution in [2.75, 3.05) is 0 Å². The first-order chi connectivity index (χ1) is 15.8. The number of nitrogens with zero attached hydrogens (tertiary/aromatic N) is 4. The average molecular weight is 458 g/mol. The molecule has 0 atom stereocenters. The van der Waals surface area contributed by atoms with E-state index in [4.69, 9.17) is 4.52 Å². The van der Waals surface area contributed by atoms with Gasteiger partial charge < -0.3 is 9.51 Å². The highest BCUT2D eigenvalue weighted by Gasteiger charge is 2.30. The zero-order valence-corrected chi connectivity index (χ0v) is 16.6. The molecule has 2 aromatic carbocycles. The van der Waals surface area contributed by atoms with Crippen LogP contribution in [0.15, 0.2) is 65.4 Å². The number of nitrogens with one attached hydrogen (secondary N) is 1. The third-order valence-corrected chi connectivity index (χ3v) is 4.96. The smallest absolute Gasteiger partial charge is 0.354 e. The molecular formula is C22H13F5N5O+. The number of hydrogen-bond acceptors (Lipinski definition) is 4. The highest BCUT2D eigenvalue weighted by Crippen LogP contribution is 2.31. The highest BCUT2D eigenvalue weighted by atomic mass is 19.4. The third kappa shape index (κ3) is 4.04.